The average molecular weight is 174 g/mol. The molecule has 64 valence electrons. The minimum absolute atomic E-state index is 0.197. The molecule has 2 aromatic heterocycles. The Bertz CT molecular complexity index is 451. The Labute approximate surface area is 73.7 Å². The molecule has 0 saturated carbocycles. The molecule has 0 amide bonds. The van der Waals surface area contributed by atoms with Gasteiger partial charge in [0.05, 0.1) is 24.3 Å². The van der Waals surface area contributed by atoms with E-state index in [2.05, 4.69) is 15.0 Å². The highest BCUT2D eigenvalue weighted by atomic mass is 16.1. The third kappa shape index (κ3) is 1.44. The van der Waals surface area contributed by atoms with Crippen LogP contribution >= 0.6 is 0 Å². The van der Waals surface area contributed by atoms with Crippen LogP contribution in [0.25, 0.3) is 5.69 Å². The molecule has 0 aliphatic rings. The highest BCUT2D eigenvalue weighted by molar-refractivity contribution is 5.23. The zero-order valence-corrected chi connectivity index (χ0v) is 6.66. The molecule has 0 saturated heterocycles. The summed E-state index contributed by atoms with van der Waals surface area (Å²) in [5.74, 6) is 0. The number of rotatable bonds is 1. The van der Waals surface area contributed by atoms with Gasteiger partial charge < -0.3 is 0 Å². The fourth-order valence-corrected chi connectivity index (χ4v) is 0.977. The van der Waals surface area contributed by atoms with Crippen molar-refractivity contribution in [3.63, 3.8) is 0 Å². The molecular weight excluding hydrogens is 168 g/mol. The van der Waals surface area contributed by atoms with Crippen molar-refractivity contribution in [2.24, 2.45) is 0 Å². The van der Waals surface area contributed by atoms with E-state index in [-0.39, 0.29) is 5.56 Å². The summed E-state index contributed by atoms with van der Waals surface area (Å²) in [6.45, 7) is 0. The Morgan fingerprint density at radius 2 is 1.85 bits per heavy atom. The van der Waals surface area contributed by atoms with Crippen molar-refractivity contribution in [1.29, 1.82) is 0 Å². The topological polar surface area (TPSA) is 60.7 Å². The lowest BCUT2D eigenvalue weighted by Crippen LogP contribution is -2.16. The third-order valence-corrected chi connectivity index (χ3v) is 1.55. The van der Waals surface area contributed by atoms with E-state index < -0.39 is 0 Å². The van der Waals surface area contributed by atoms with Gasteiger partial charge in [-0.1, -0.05) is 0 Å². The summed E-state index contributed by atoms with van der Waals surface area (Å²) in [4.78, 5) is 22.6. The number of hydrogen-bond acceptors (Lipinski definition) is 4. The van der Waals surface area contributed by atoms with E-state index in [0.717, 1.165) is 0 Å². The van der Waals surface area contributed by atoms with Gasteiger partial charge in [-0.3, -0.25) is 14.3 Å². The highest BCUT2D eigenvalue weighted by Gasteiger charge is 1.96. The van der Waals surface area contributed by atoms with Crippen molar-refractivity contribution in [2.75, 3.05) is 0 Å². The molecule has 2 heterocycles. The van der Waals surface area contributed by atoms with Crippen molar-refractivity contribution in [3.8, 4) is 5.69 Å². The fraction of sp³-hybridized carbons (Fsp3) is 0. The van der Waals surface area contributed by atoms with Crippen LogP contribution in [0.4, 0.5) is 0 Å². The summed E-state index contributed by atoms with van der Waals surface area (Å²) in [6, 6.07) is 0. The predicted molar refractivity (Wildman–Crippen MR) is 45.4 cm³/mol. The summed E-state index contributed by atoms with van der Waals surface area (Å²) >= 11 is 0. The van der Waals surface area contributed by atoms with Gasteiger partial charge in [-0.2, -0.15) is 0 Å². The lowest BCUT2D eigenvalue weighted by molar-refractivity contribution is 0.932. The van der Waals surface area contributed by atoms with Gasteiger partial charge in [0.1, 0.15) is 6.33 Å². The first-order chi connectivity index (χ1) is 6.38. The van der Waals surface area contributed by atoms with Gasteiger partial charge >= 0.3 is 0 Å². The van der Waals surface area contributed by atoms with Gasteiger partial charge in [0.15, 0.2) is 0 Å². The molecule has 0 spiro atoms. The summed E-state index contributed by atoms with van der Waals surface area (Å²) in [5, 5.41) is 0. The van der Waals surface area contributed by atoms with Crippen molar-refractivity contribution < 1.29 is 0 Å². The Morgan fingerprint density at radius 1 is 1.08 bits per heavy atom. The number of hydrogen-bond donors (Lipinski definition) is 0. The van der Waals surface area contributed by atoms with E-state index in [1.165, 1.54) is 23.3 Å². The van der Waals surface area contributed by atoms with E-state index in [4.69, 9.17) is 0 Å². The maximum atomic E-state index is 11.3. The molecule has 13 heavy (non-hydrogen) atoms. The molecule has 0 unspecified atom stereocenters. The molecule has 5 nitrogen and oxygen atoms in total. The minimum Gasteiger partial charge on any atom is -0.278 e. The van der Waals surface area contributed by atoms with Crippen LogP contribution in [0.2, 0.25) is 0 Å². The van der Waals surface area contributed by atoms with Crippen molar-refractivity contribution in [3.05, 3.63) is 47.7 Å². The Balaban J connectivity index is 2.60. The molecule has 0 bridgehead atoms. The molecular formula is C8H6N4O. The van der Waals surface area contributed by atoms with E-state index in [9.17, 15) is 4.79 Å². The first-order valence-corrected chi connectivity index (χ1v) is 3.66. The van der Waals surface area contributed by atoms with Crippen LogP contribution in [-0.2, 0) is 0 Å². The molecule has 0 aromatic carbocycles. The molecule has 2 rings (SSSR count). The summed E-state index contributed by atoms with van der Waals surface area (Å²) in [5.41, 5.74) is 0.437. The highest BCUT2D eigenvalue weighted by Crippen LogP contribution is 1.96. The van der Waals surface area contributed by atoms with Gasteiger partial charge in [0.2, 0.25) is 0 Å². The van der Waals surface area contributed by atoms with E-state index in [1.807, 2.05) is 0 Å². The second-order valence-electron chi connectivity index (χ2n) is 2.38. The molecule has 0 atom stereocenters. The van der Waals surface area contributed by atoms with Crippen LogP contribution in [0.5, 0.6) is 0 Å². The van der Waals surface area contributed by atoms with Gasteiger partial charge in [-0.15, -0.1) is 0 Å². The predicted octanol–water partition coefficient (Wildman–Crippen LogP) is 0.0225. The standard InChI is InChI=1S/C8H6N4O/c13-8-5-9-1-2-12(8)7-3-10-6-11-4-7/h1-6H. The van der Waals surface area contributed by atoms with E-state index in [0.29, 0.717) is 5.69 Å². The van der Waals surface area contributed by atoms with E-state index >= 15 is 0 Å². The molecule has 0 N–H and O–H groups in total. The largest absolute Gasteiger partial charge is 0.278 e. The Kier molecular flexibility index (Phi) is 1.84. The third-order valence-electron chi connectivity index (χ3n) is 1.55. The molecule has 5 heteroatoms. The molecule has 0 radical (unpaired) electrons. The van der Waals surface area contributed by atoms with Gasteiger partial charge in [0.25, 0.3) is 5.56 Å². The maximum absolute atomic E-state index is 11.3. The Morgan fingerprint density at radius 3 is 2.54 bits per heavy atom. The summed E-state index contributed by atoms with van der Waals surface area (Å²) < 4.78 is 1.42. The van der Waals surface area contributed by atoms with Crippen LogP contribution in [0.15, 0.2) is 42.1 Å². The smallest absolute Gasteiger partial charge is 0.273 e. The minimum atomic E-state index is -0.197. The van der Waals surface area contributed by atoms with Crippen LogP contribution in [0.1, 0.15) is 0 Å². The van der Waals surface area contributed by atoms with Crippen LogP contribution in [-0.4, -0.2) is 19.5 Å². The molecule has 0 fully saturated rings. The maximum Gasteiger partial charge on any atom is 0.273 e. The normalized spacial score (nSPS) is 9.85. The van der Waals surface area contributed by atoms with Crippen molar-refractivity contribution in [1.82, 2.24) is 19.5 Å². The lowest BCUT2D eigenvalue weighted by atomic mass is 10.5. The average Bonchev–Trinajstić information content (AvgIpc) is 2.20. The summed E-state index contributed by atoms with van der Waals surface area (Å²) in [6.07, 6.45) is 8.89. The van der Waals surface area contributed by atoms with Crippen LogP contribution in [0, 0.1) is 0 Å². The monoisotopic (exact) mass is 174 g/mol. The van der Waals surface area contributed by atoms with Crippen molar-refractivity contribution >= 4 is 0 Å². The van der Waals surface area contributed by atoms with E-state index in [1.54, 1.807) is 18.6 Å². The first kappa shape index (κ1) is 7.60. The van der Waals surface area contributed by atoms with Gasteiger partial charge in [0, 0.05) is 12.4 Å². The van der Waals surface area contributed by atoms with Crippen molar-refractivity contribution in [2.45, 2.75) is 0 Å². The second kappa shape index (κ2) is 3.14. The zero-order chi connectivity index (χ0) is 9.10. The zero-order valence-electron chi connectivity index (χ0n) is 6.66. The van der Waals surface area contributed by atoms with Gasteiger partial charge in [-0.05, 0) is 0 Å². The number of nitrogens with zero attached hydrogens (tertiary/aromatic N) is 4. The molecule has 0 aliphatic carbocycles. The number of aromatic nitrogens is 4. The SMILES string of the molecule is O=c1cnccn1-c1cncnc1. The fourth-order valence-electron chi connectivity index (χ4n) is 0.977. The molecule has 0 aliphatic heterocycles. The van der Waals surface area contributed by atoms with Crippen LogP contribution in [0.3, 0.4) is 0 Å². The van der Waals surface area contributed by atoms with Crippen LogP contribution < -0.4 is 5.56 Å². The second-order valence-corrected chi connectivity index (χ2v) is 2.38. The van der Waals surface area contributed by atoms with Gasteiger partial charge in [-0.25, -0.2) is 9.97 Å². The quantitative estimate of drug-likeness (QED) is 0.611. The Hall–Kier alpha value is -2.04. The summed E-state index contributed by atoms with van der Waals surface area (Å²) in [7, 11) is 0. The lowest BCUT2D eigenvalue weighted by Gasteiger charge is -2.00. The molecule has 2 aromatic rings. The first-order valence-electron chi connectivity index (χ1n) is 3.66.